The highest BCUT2D eigenvalue weighted by atomic mass is 16.5. The van der Waals surface area contributed by atoms with Crippen LogP contribution in [0.1, 0.15) is 23.7 Å². The molecule has 0 bridgehead atoms. The molecule has 3 N–H and O–H groups in total. The standard InChI is InChI=1S/C14H16O5.C7H9NO/c1-10(2)14(17)19-9-3-8-18-12-6-4-11(5-7-12)13(15)16;1-9-7-4-2-6(8)3-5-7/h4-7H,1,3,8-9H2,2H3,(H,15,16);2-5H,8H2,1H3. The minimum Gasteiger partial charge on any atom is -0.497 e. The summed E-state index contributed by atoms with van der Waals surface area (Å²) in [4.78, 5) is 21.7. The van der Waals surface area contributed by atoms with Gasteiger partial charge in [0.25, 0.3) is 0 Å². The predicted molar refractivity (Wildman–Crippen MR) is 107 cm³/mol. The molecule has 0 radical (unpaired) electrons. The number of methoxy groups -OCH3 is 1. The van der Waals surface area contributed by atoms with E-state index in [1.165, 1.54) is 12.1 Å². The number of carboxylic acids is 1. The lowest BCUT2D eigenvalue weighted by Crippen LogP contribution is -2.09. The molecule has 2 rings (SSSR count). The van der Waals surface area contributed by atoms with Crippen molar-refractivity contribution in [3.63, 3.8) is 0 Å². The smallest absolute Gasteiger partial charge is 0.335 e. The highest BCUT2D eigenvalue weighted by Crippen LogP contribution is 2.12. The van der Waals surface area contributed by atoms with E-state index in [0.717, 1.165) is 11.4 Å². The zero-order valence-electron chi connectivity index (χ0n) is 16.0. The van der Waals surface area contributed by atoms with Crippen LogP contribution in [0.4, 0.5) is 5.69 Å². The predicted octanol–water partition coefficient (Wildman–Crippen LogP) is 3.55. The fraction of sp³-hybridized carbons (Fsp3) is 0.238. The molecular weight excluding hydrogens is 362 g/mol. The Morgan fingerprint density at radius 1 is 1.00 bits per heavy atom. The van der Waals surface area contributed by atoms with E-state index in [1.807, 2.05) is 12.1 Å². The molecule has 7 heteroatoms. The number of esters is 1. The van der Waals surface area contributed by atoms with Gasteiger partial charge in [-0.3, -0.25) is 0 Å². The number of benzene rings is 2. The molecule has 28 heavy (non-hydrogen) atoms. The van der Waals surface area contributed by atoms with Crippen LogP contribution >= 0.6 is 0 Å². The molecule has 2 aromatic rings. The van der Waals surface area contributed by atoms with Crippen molar-refractivity contribution in [1.29, 1.82) is 0 Å². The topological polar surface area (TPSA) is 108 Å². The van der Waals surface area contributed by atoms with E-state index >= 15 is 0 Å². The van der Waals surface area contributed by atoms with Crippen LogP contribution in [0.3, 0.4) is 0 Å². The average Bonchev–Trinajstić information content (AvgIpc) is 2.69. The number of anilines is 1. The van der Waals surface area contributed by atoms with Gasteiger partial charge in [-0.1, -0.05) is 6.58 Å². The van der Waals surface area contributed by atoms with E-state index in [4.69, 9.17) is 25.1 Å². The molecule has 0 spiro atoms. The van der Waals surface area contributed by atoms with Crippen molar-refractivity contribution in [1.82, 2.24) is 0 Å². The summed E-state index contributed by atoms with van der Waals surface area (Å²) in [6.45, 7) is 5.70. The summed E-state index contributed by atoms with van der Waals surface area (Å²) in [5.74, 6) is 0.0319. The second-order valence-corrected chi connectivity index (χ2v) is 5.72. The number of carboxylic acid groups (broad SMARTS) is 1. The molecule has 0 aliphatic rings. The highest BCUT2D eigenvalue weighted by Gasteiger charge is 2.03. The molecule has 2 aromatic carbocycles. The molecule has 0 atom stereocenters. The van der Waals surface area contributed by atoms with E-state index in [1.54, 1.807) is 38.3 Å². The minimum absolute atomic E-state index is 0.211. The first kappa shape index (κ1) is 22.6. The Bertz CT molecular complexity index is 768. The number of ether oxygens (including phenoxy) is 3. The number of carbonyl (C=O) groups is 2. The van der Waals surface area contributed by atoms with Crippen LogP contribution in [0, 0.1) is 0 Å². The van der Waals surface area contributed by atoms with Gasteiger partial charge < -0.3 is 25.1 Å². The lowest BCUT2D eigenvalue weighted by atomic mass is 10.2. The van der Waals surface area contributed by atoms with Gasteiger partial charge in [0.15, 0.2) is 0 Å². The van der Waals surface area contributed by atoms with Gasteiger partial charge in [-0.05, 0) is 55.5 Å². The van der Waals surface area contributed by atoms with Gasteiger partial charge in [0.05, 0.1) is 25.9 Å². The third kappa shape index (κ3) is 8.75. The Kier molecular flexibility index (Phi) is 9.67. The molecule has 7 nitrogen and oxygen atoms in total. The van der Waals surface area contributed by atoms with Gasteiger partial charge >= 0.3 is 11.9 Å². The van der Waals surface area contributed by atoms with Crippen molar-refractivity contribution >= 4 is 17.6 Å². The molecule has 0 unspecified atom stereocenters. The summed E-state index contributed by atoms with van der Waals surface area (Å²) in [5.41, 5.74) is 6.76. The summed E-state index contributed by atoms with van der Waals surface area (Å²) in [6.07, 6.45) is 0.555. The fourth-order valence-corrected chi connectivity index (χ4v) is 1.83. The maximum Gasteiger partial charge on any atom is 0.335 e. The van der Waals surface area contributed by atoms with E-state index in [-0.39, 0.29) is 12.2 Å². The van der Waals surface area contributed by atoms with Gasteiger partial charge in [0.1, 0.15) is 11.5 Å². The van der Waals surface area contributed by atoms with Crippen molar-refractivity contribution in [2.45, 2.75) is 13.3 Å². The van der Waals surface area contributed by atoms with Crippen LogP contribution in [0.15, 0.2) is 60.7 Å². The van der Waals surface area contributed by atoms with Crippen molar-refractivity contribution in [2.24, 2.45) is 0 Å². The fourth-order valence-electron chi connectivity index (χ4n) is 1.83. The van der Waals surface area contributed by atoms with Crippen LogP contribution in [-0.2, 0) is 9.53 Å². The first-order valence-electron chi connectivity index (χ1n) is 8.51. The Labute approximate surface area is 164 Å². The second kappa shape index (κ2) is 12.0. The highest BCUT2D eigenvalue weighted by molar-refractivity contribution is 5.87. The van der Waals surface area contributed by atoms with Crippen molar-refractivity contribution in [2.75, 3.05) is 26.1 Å². The molecule has 0 saturated carbocycles. The normalized spacial score (nSPS) is 9.50. The van der Waals surface area contributed by atoms with Crippen LogP contribution in [0.5, 0.6) is 11.5 Å². The zero-order chi connectivity index (χ0) is 20.9. The third-order valence-electron chi connectivity index (χ3n) is 3.36. The number of nitrogen functional groups attached to an aromatic ring is 1. The largest absolute Gasteiger partial charge is 0.497 e. The van der Waals surface area contributed by atoms with Crippen LogP contribution < -0.4 is 15.2 Å². The molecule has 0 amide bonds. The number of aromatic carboxylic acids is 1. The van der Waals surface area contributed by atoms with Gasteiger partial charge in [0.2, 0.25) is 0 Å². The number of carbonyl (C=O) groups excluding carboxylic acids is 1. The molecular formula is C21H25NO6. The lowest BCUT2D eigenvalue weighted by Gasteiger charge is -2.07. The van der Waals surface area contributed by atoms with Crippen molar-refractivity contribution in [3.05, 3.63) is 66.2 Å². The molecule has 0 fully saturated rings. The van der Waals surface area contributed by atoms with Crippen molar-refractivity contribution in [3.8, 4) is 11.5 Å². The quantitative estimate of drug-likeness (QED) is 0.309. The van der Waals surface area contributed by atoms with Crippen LogP contribution in [0.2, 0.25) is 0 Å². The molecule has 0 aliphatic heterocycles. The summed E-state index contributed by atoms with van der Waals surface area (Å²) < 4.78 is 15.2. The molecule has 0 saturated heterocycles. The number of hydrogen-bond donors (Lipinski definition) is 2. The number of rotatable bonds is 8. The minimum atomic E-state index is -0.974. The van der Waals surface area contributed by atoms with Gasteiger partial charge in [-0.2, -0.15) is 0 Å². The number of hydrogen-bond acceptors (Lipinski definition) is 6. The van der Waals surface area contributed by atoms with E-state index in [9.17, 15) is 9.59 Å². The summed E-state index contributed by atoms with van der Waals surface area (Å²) in [5, 5.41) is 8.72. The molecule has 0 aromatic heterocycles. The summed E-state index contributed by atoms with van der Waals surface area (Å²) in [6, 6.07) is 13.4. The average molecular weight is 387 g/mol. The molecule has 150 valence electrons. The Hall–Kier alpha value is -3.48. The first-order chi connectivity index (χ1) is 13.3. The van der Waals surface area contributed by atoms with Crippen LogP contribution in [-0.4, -0.2) is 37.4 Å². The molecule has 0 heterocycles. The van der Waals surface area contributed by atoms with E-state index in [0.29, 0.717) is 24.4 Å². The maximum absolute atomic E-state index is 11.1. The van der Waals surface area contributed by atoms with Gasteiger partial charge in [0, 0.05) is 17.7 Å². The number of nitrogens with two attached hydrogens (primary N) is 1. The Morgan fingerprint density at radius 2 is 1.57 bits per heavy atom. The Morgan fingerprint density at radius 3 is 2.07 bits per heavy atom. The summed E-state index contributed by atoms with van der Waals surface area (Å²) in [7, 11) is 1.63. The summed E-state index contributed by atoms with van der Waals surface area (Å²) >= 11 is 0. The van der Waals surface area contributed by atoms with Crippen LogP contribution in [0.25, 0.3) is 0 Å². The lowest BCUT2D eigenvalue weighted by molar-refractivity contribution is -0.139. The second-order valence-electron chi connectivity index (χ2n) is 5.72. The van der Waals surface area contributed by atoms with E-state index < -0.39 is 11.9 Å². The zero-order valence-corrected chi connectivity index (χ0v) is 16.0. The van der Waals surface area contributed by atoms with Gasteiger partial charge in [-0.25, -0.2) is 9.59 Å². The van der Waals surface area contributed by atoms with Gasteiger partial charge in [-0.15, -0.1) is 0 Å². The Balaban J connectivity index is 0.000000362. The maximum atomic E-state index is 11.1. The monoisotopic (exact) mass is 387 g/mol. The van der Waals surface area contributed by atoms with E-state index in [2.05, 4.69) is 6.58 Å². The SMILES string of the molecule is C=C(C)C(=O)OCCCOc1ccc(C(=O)O)cc1.COc1ccc(N)cc1. The van der Waals surface area contributed by atoms with Crippen molar-refractivity contribution < 1.29 is 28.9 Å². The first-order valence-corrected chi connectivity index (χ1v) is 8.51. The molecule has 0 aliphatic carbocycles. The third-order valence-corrected chi connectivity index (χ3v) is 3.36.